The van der Waals surface area contributed by atoms with Crippen LogP contribution in [0.2, 0.25) is 0 Å². The van der Waals surface area contributed by atoms with Gasteiger partial charge in [0.2, 0.25) is 0 Å². The van der Waals surface area contributed by atoms with Gasteiger partial charge in [-0.05, 0) is 12.1 Å². The van der Waals surface area contributed by atoms with E-state index in [2.05, 4.69) is 20.7 Å². The van der Waals surface area contributed by atoms with Gasteiger partial charge in [0.15, 0.2) is 0 Å². The molecule has 0 radical (unpaired) electrons. The Morgan fingerprint density at radius 3 is 2.67 bits per heavy atom. The predicted octanol–water partition coefficient (Wildman–Crippen LogP) is 0.661. The van der Waals surface area contributed by atoms with Crippen molar-refractivity contribution < 1.29 is 8.94 Å². The zero-order valence-electron chi connectivity index (χ0n) is 4.88. The lowest BCUT2D eigenvalue weighted by Crippen LogP contribution is -1.85. The van der Waals surface area contributed by atoms with Gasteiger partial charge < -0.3 is 4.42 Å². The van der Waals surface area contributed by atoms with Gasteiger partial charge in [-0.2, -0.15) is 0 Å². The fourth-order valence-electron chi connectivity index (χ4n) is 0.360. The summed E-state index contributed by atoms with van der Waals surface area (Å²) in [4.78, 5) is 10.2. The Bertz CT molecular complexity index is 270. The molecule has 4 heteroatoms. The molecule has 48 valence electrons. The van der Waals surface area contributed by atoms with E-state index >= 15 is 0 Å². The fraction of sp³-hybridized carbons (Fsp3) is 0.200. The van der Waals surface area contributed by atoms with Gasteiger partial charge in [-0.15, -0.1) is 0 Å². The first-order valence-electron chi connectivity index (χ1n) is 2.33. The number of nitrogens with zero attached hydrogens (tertiary/aromatic N) is 1. The summed E-state index contributed by atoms with van der Waals surface area (Å²) in [5.41, 5.74) is 0.570. The molecule has 0 aliphatic heterocycles. The van der Waals surface area contributed by atoms with Crippen molar-refractivity contribution in [2.45, 2.75) is 6.92 Å². The van der Waals surface area contributed by atoms with Crippen LogP contribution in [-0.2, 0) is 0 Å². The first-order chi connectivity index (χ1) is 4.20. The molecule has 0 spiro atoms. The van der Waals surface area contributed by atoms with E-state index in [-0.39, 0.29) is 5.89 Å². The molecule has 1 rings (SSSR count). The van der Waals surface area contributed by atoms with E-state index in [1.807, 2.05) is 0 Å². The summed E-state index contributed by atoms with van der Waals surface area (Å²) in [6, 6.07) is 0. The van der Waals surface area contributed by atoms with E-state index in [0.717, 1.165) is 0 Å². The first-order valence-corrected chi connectivity index (χ1v) is 2.33. The molecule has 0 aliphatic carbocycles. The van der Waals surface area contributed by atoms with E-state index in [9.17, 15) is 4.79 Å². The summed E-state index contributed by atoms with van der Waals surface area (Å²) in [5.74, 6) is -0.645. The molecule has 0 aromatic carbocycles. The number of aromatic nitrogens is 1. The third-order valence-corrected chi connectivity index (χ3v) is 0.748. The smallest absolute Gasteiger partial charge is 0.371 e. The lowest BCUT2D eigenvalue weighted by atomic mass is 10.4. The molecular weight excluding hydrogens is 122 g/mol. The van der Waals surface area contributed by atoms with Crippen LogP contribution in [0.4, 0.5) is 0 Å². The largest absolute Gasteiger partial charge is 0.542 e. The van der Waals surface area contributed by atoms with E-state index in [1.54, 1.807) is 6.92 Å². The van der Waals surface area contributed by atoms with Crippen molar-refractivity contribution in [1.82, 2.24) is 5.16 Å². The van der Waals surface area contributed by atoms with Crippen LogP contribution in [0, 0.1) is 0 Å². The summed E-state index contributed by atoms with van der Waals surface area (Å²) in [7, 11) is 0. The lowest BCUT2D eigenvalue weighted by Gasteiger charge is -1.80. The topological polar surface area (TPSA) is 56.2 Å². The van der Waals surface area contributed by atoms with E-state index < -0.39 is 5.82 Å². The van der Waals surface area contributed by atoms with Gasteiger partial charge in [0, 0.05) is 5.57 Å². The molecule has 0 unspecified atom stereocenters. The Hall–Kier alpha value is -1.32. The Kier molecular flexibility index (Phi) is 1.22. The molecule has 0 saturated carbocycles. The van der Waals surface area contributed by atoms with E-state index in [1.165, 1.54) is 0 Å². The van der Waals surface area contributed by atoms with Gasteiger partial charge in [-0.1, -0.05) is 6.58 Å². The molecule has 0 N–H and O–H groups in total. The molecule has 0 fully saturated rings. The van der Waals surface area contributed by atoms with E-state index in [0.29, 0.717) is 5.57 Å². The maximum Gasteiger partial charge on any atom is 0.542 e. The van der Waals surface area contributed by atoms with Gasteiger partial charge in [0.1, 0.15) is 0 Å². The predicted molar refractivity (Wildman–Crippen MR) is 29.7 cm³/mol. The Morgan fingerprint density at radius 2 is 2.44 bits per heavy atom. The molecule has 4 nitrogen and oxygen atoms in total. The Morgan fingerprint density at radius 1 is 1.78 bits per heavy atom. The average molecular weight is 127 g/mol. The molecule has 0 amide bonds. The highest BCUT2D eigenvalue weighted by Gasteiger charge is 2.01. The van der Waals surface area contributed by atoms with Crippen molar-refractivity contribution in [1.29, 1.82) is 0 Å². The standard InChI is InChI=1S/C5H5NO3/c1-3(2)4-6-9-5(7)8-4/h1H2,2H3. The van der Waals surface area contributed by atoms with Crippen molar-refractivity contribution in [3.63, 3.8) is 0 Å². The third kappa shape index (κ3) is 1.07. The summed E-state index contributed by atoms with van der Waals surface area (Å²) in [6.45, 7) is 5.15. The monoisotopic (exact) mass is 127 g/mol. The summed E-state index contributed by atoms with van der Waals surface area (Å²) >= 11 is 0. The number of hydrogen-bond donors (Lipinski definition) is 0. The average Bonchev–Trinajstić information content (AvgIpc) is 2.14. The van der Waals surface area contributed by atoms with Crippen molar-refractivity contribution in [3.8, 4) is 0 Å². The van der Waals surface area contributed by atoms with Crippen LogP contribution in [0.5, 0.6) is 0 Å². The molecule has 0 atom stereocenters. The van der Waals surface area contributed by atoms with Crippen molar-refractivity contribution in [3.05, 3.63) is 23.1 Å². The van der Waals surface area contributed by atoms with Crippen LogP contribution in [0.3, 0.4) is 0 Å². The minimum atomic E-state index is -0.798. The van der Waals surface area contributed by atoms with Gasteiger partial charge in [-0.3, -0.25) is 4.52 Å². The van der Waals surface area contributed by atoms with Crippen LogP contribution in [0.15, 0.2) is 20.3 Å². The van der Waals surface area contributed by atoms with Gasteiger partial charge in [0.25, 0.3) is 5.89 Å². The number of allylic oxidation sites excluding steroid dienone is 1. The maximum atomic E-state index is 10.2. The molecule has 9 heavy (non-hydrogen) atoms. The second-order valence-corrected chi connectivity index (χ2v) is 1.62. The number of rotatable bonds is 1. The molecule has 0 saturated heterocycles. The fourth-order valence-corrected chi connectivity index (χ4v) is 0.360. The third-order valence-electron chi connectivity index (χ3n) is 0.748. The SMILES string of the molecule is C=C(C)c1noc(=O)o1. The number of hydrogen-bond acceptors (Lipinski definition) is 4. The van der Waals surface area contributed by atoms with Gasteiger partial charge in [0.05, 0.1) is 0 Å². The molecule has 1 heterocycles. The summed E-state index contributed by atoms with van der Waals surface area (Å²) < 4.78 is 8.50. The normalized spacial score (nSPS) is 9.44. The molecule has 1 aromatic heterocycles. The van der Waals surface area contributed by atoms with Crippen LogP contribution in [-0.4, -0.2) is 5.16 Å². The molecule has 0 aliphatic rings. The Balaban J connectivity index is 3.12. The zero-order valence-corrected chi connectivity index (χ0v) is 4.88. The highest BCUT2D eigenvalue weighted by atomic mass is 16.6. The van der Waals surface area contributed by atoms with Crippen LogP contribution >= 0.6 is 0 Å². The van der Waals surface area contributed by atoms with Gasteiger partial charge >= 0.3 is 5.82 Å². The van der Waals surface area contributed by atoms with Crippen LogP contribution in [0.1, 0.15) is 12.8 Å². The molecule has 1 aromatic rings. The minimum absolute atomic E-state index is 0.153. The van der Waals surface area contributed by atoms with Crippen LogP contribution in [0.25, 0.3) is 5.57 Å². The van der Waals surface area contributed by atoms with Crippen molar-refractivity contribution in [2.75, 3.05) is 0 Å². The lowest BCUT2D eigenvalue weighted by molar-refractivity contribution is 0.335. The van der Waals surface area contributed by atoms with Gasteiger partial charge in [-0.25, -0.2) is 4.79 Å². The molecule has 0 bridgehead atoms. The molecular formula is C5H5NO3. The van der Waals surface area contributed by atoms with E-state index in [4.69, 9.17) is 0 Å². The van der Waals surface area contributed by atoms with Crippen LogP contribution < -0.4 is 5.82 Å². The second kappa shape index (κ2) is 1.89. The quantitative estimate of drug-likeness (QED) is 0.556. The summed E-state index contributed by atoms with van der Waals surface area (Å²) in [6.07, 6.45) is 0. The Labute approximate surface area is 50.8 Å². The minimum Gasteiger partial charge on any atom is -0.371 e. The highest BCUT2D eigenvalue weighted by Crippen LogP contribution is 2.02. The first kappa shape index (κ1) is 5.81. The second-order valence-electron chi connectivity index (χ2n) is 1.62. The summed E-state index contributed by atoms with van der Waals surface area (Å²) in [5, 5.41) is 3.26. The van der Waals surface area contributed by atoms with Crippen molar-refractivity contribution in [2.24, 2.45) is 0 Å². The zero-order chi connectivity index (χ0) is 6.85. The van der Waals surface area contributed by atoms with Crippen molar-refractivity contribution >= 4 is 5.57 Å². The highest BCUT2D eigenvalue weighted by molar-refractivity contribution is 5.51. The maximum absolute atomic E-state index is 10.2.